The van der Waals surface area contributed by atoms with Crippen molar-refractivity contribution in [2.24, 2.45) is 0 Å². The van der Waals surface area contributed by atoms with Crippen LogP contribution in [0.25, 0.3) is 0 Å². The zero-order valence-electron chi connectivity index (χ0n) is 10.2. The predicted octanol–water partition coefficient (Wildman–Crippen LogP) is 4.24. The molecule has 0 N–H and O–H groups in total. The van der Waals surface area contributed by atoms with Crippen LogP contribution in [0.15, 0.2) is 0 Å². The van der Waals surface area contributed by atoms with Gasteiger partial charge in [-0.2, -0.15) is 0 Å². The van der Waals surface area contributed by atoms with Crippen molar-refractivity contribution in [3.05, 3.63) is 0 Å². The number of unbranched alkanes of at least 4 members (excludes halogenated alkanes) is 8. The standard InChI is InChI=1S/C13H26O2/c1-2-3-4-5-6-7-8-9-10-11-13-12-14-15-13/h13H,2-12H2,1H3. The second-order valence-electron chi connectivity index (χ2n) is 4.62. The van der Waals surface area contributed by atoms with Crippen molar-refractivity contribution in [1.29, 1.82) is 0 Å². The summed E-state index contributed by atoms with van der Waals surface area (Å²) in [5, 5.41) is 0. The van der Waals surface area contributed by atoms with Gasteiger partial charge in [-0.1, -0.05) is 64.7 Å². The van der Waals surface area contributed by atoms with E-state index in [-0.39, 0.29) is 0 Å². The van der Waals surface area contributed by atoms with E-state index in [2.05, 4.69) is 11.8 Å². The van der Waals surface area contributed by atoms with Crippen LogP contribution in [0.3, 0.4) is 0 Å². The molecule has 0 radical (unpaired) electrons. The lowest BCUT2D eigenvalue weighted by Gasteiger charge is -2.24. The molecule has 1 unspecified atom stereocenters. The van der Waals surface area contributed by atoms with Crippen LogP contribution in [0.1, 0.15) is 71.1 Å². The molecule has 1 saturated heterocycles. The van der Waals surface area contributed by atoms with E-state index in [1.165, 1.54) is 64.2 Å². The summed E-state index contributed by atoms with van der Waals surface area (Å²) in [6.07, 6.45) is 14.2. The summed E-state index contributed by atoms with van der Waals surface area (Å²) in [5.41, 5.74) is 0. The molecule has 0 aromatic rings. The van der Waals surface area contributed by atoms with Crippen LogP contribution in [0.2, 0.25) is 0 Å². The summed E-state index contributed by atoms with van der Waals surface area (Å²) in [6, 6.07) is 0. The highest BCUT2D eigenvalue weighted by atomic mass is 17.2. The third kappa shape index (κ3) is 6.91. The van der Waals surface area contributed by atoms with Crippen molar-refractivity contribution in [2.45, 2.75) is 77.2 Å². The number of rotatable bonds is 10. The highest BCUT2D eigenvalue weighted by molar-refractivity contribution is 4.59. The predicted molar refractivity (Wildman–Crippen MR) is 62.7 cm³/mol. The minimum Gasteiger partial charge on any atom is -0.233 e. The minimum atomic E-state index is 0.412. The monoisotopic (exact) mass is 214 g/mol. The molecule has 0 bridgehead atoms. The third-order valence-corrected chi connectivity index (χ3v) is 3.09. The van der Waals surface area contributed by atoms with E-state index in [0.29, 0.717) is 6.10 Å². The average Bonchev–Trinajstić information content (AvgIpc) is 2.18. The van der Waals surface area contributed by atoms with E-state index in [0.717, 1.165) is 6.61 Å². The van der Waals surface area contributed by atoms with Crippen molar-refractivity contribution in [1.82, 2.24) is 0 Å². The normalized spacial score (nSPS) is 20.2. The maximum atomic E-state index is 4.90. The molecule has 1 heterocycles. The molecule has 0 aromatic carbocycles. The van der Waals surface area contributed by atoms with Crippen molar-refractivity contribution >= 4 is 0 Å². The van der Waals surface area contributed by atoms with Gasteiger partial charge in [-0.05, 0) is 6.42 Å². The summed E-state index contributed by atoms with van der Waals surface area (Å²) in [4.78, 5) is 9.57. The van der Waals surface area contributed by atoms with Crippen LogP contribution >= 0.6 is 0 Å². The lowest BCUT2D eigenvalue weighted by atomic mass is 10.1. The lowest BCUT2D eigenvalue weighted by Crippen LogP contribution is -2.30. The Kier molecular flexibility index (Phi) is 7.94. The highest BCUT2D eigenvalue weighted by Gasteiger charge is 2.19. The highest BCUT2D eigenvalue weighted by Crippen LogP contribution is 2.16. The first kappa shape index (κ1) is 13.0. The molecule has 0 amide bonds. The summed E-state index contributed by atoms with van der Waals surface area (Å²) in [6.45, 7) is 3.09. The van der Waals surface area contributed by atoms with E-state index in [9.17, 15) is 0 Å². The number of hydrogen-bond acceptors (Lipinski definition) is 2. The van der Waals surface area contributed by atoms with Gasteiger partial charge in [-0.25, -0.2) is 9.78 Å². The van der Waals surface area contributed by atoms with Gasteiger partial charge in [0, 0.05) is 0 Å². The molecule has 1 atom stereocenters. The van der Waals surface area contributed by atoms with Gasteiger partial charge in [0.15, 0.2) is 0 Å². The first-order chi connectivity index (χ1) is 7.43. The Bertz CT molecular complexity index is 132. The summed E-state index contributed by atoms with van der Waals surface area (Å²) in [5.74, 6) is 0. The topological polar surface area (TPSA) is 18.5 Å². The fourth-order valence-electron chi connectivity index (χ4n) is 1.98. The van der Waals surface area contributed by atoms with E-state index >= 15 is 0 Å². The molecule has 0 saturated carbocycles. The van der Waals surface area contributed by atoms with Crippen LogP contribution in [-0.2, 0) is 9.78 Å². The Hall–Kier alpha value is -0.0800. The molecule has 1 aliphatic heterocycles. The summed E-state index contributed by atoms with van der Waals surface area (Å²) < 4.78 is 0. The van der Waals surface area contributed by atoms with Gasteiger partial charge in [0.1, 0.15) is 12.7 Å². The Morgan fingerprint density at radius 2 is 1.40 bits per heavy atom. The van der Waals surface area contributed by atoms with Gasteiger partial charge >= 0.3 is 0 Å². The van der Waals surface area contributed by atoms with Crippen molar-refractivity contribution < 1.29 is 9.78 Å². The molecule has 1 rings (SSSR count). The molecule has 0 spiro atoms. The summed E-state index contributed by atoms with van der Waals surface area (Å²) >= 11 is 0. The van der Waals surface area contributed by atoms with Crippen LogP contribution in [0.4, 0.5) is 0 Å². The van der Waals surface area contributed by atoms with E-state index in [4.69, 9.17) is 4.89 Å². The smallest absolute Gasteiger partial charge is 0.119 e. The van der Waals surface area contributed by atoms with Crippen LogP contribution in [0.5, 0.6) is 0 Å². The molecule has 1 aliphatic rings. The Labute approximate surface area is 94.3 Å². The first-order valence-corrected chi connectivity index (χ1v) is 6.71. The van der Waals surface area contributed by atoms with Gasteiger partial charge in [-0.3, -0.25) is 0 Å². The molecular weight excluding hydrogens is 188 g/mol. The van der Waals surface area contributed by atoms with Gasteiger partial charge in [0.25, 0.3) is 0 Å². The third-order valence-electron chi connectivity index (χ3n) is 3.09. The van der Waals surface area contributed by atoms with Gasteiger partial charge in [0.05, 0.1) is 0 Å². The second-order valence-corrected chi connectivity index (χ2v) is 4.62. The molecular formula is C13H26O2. The molecule has 0 aromatic heterocycles. The minimum absolute atomic E-state index is 0.412. The Morgan fingerprint density at radius 3 is 1.87 bits per heavy atom. The SMILES string of the molecule is CCCCCCCCCCCC1COO1. The van der Waals surface area contributed by atoms with E-state index in [1.54, 1.807) is 0 Å². The zero-order chi connectivity index (χ0) is 10.8. The molecule has 90 valence electrons. The lowest BCUT2D eigenvalue weighted by molar-refractivity contribution is -0.425. The van der Waals surface area contributed by atoms with E-state index in [1.807, 2.05) is 0 Å². The van der Waals surface area contributed by atoms with Crippen molar-refractivity contribution in [3.63, 3.8) is 0 Å². The maximum absolute atomic E-state index is 4.90. The molecule has 1 fully saturated rings. The average molecular weight is 214 g/mol. The fourth-order valence-corrected chi connectivity index (χ4v) is 1.98. The first-order valence-electron chi connectivity index (χ1n) is 6.71. The maximum Gasteiger partial charge on any atom is 0.119 e. The van der Waals surface area contributed by atoms with Crippen molar-refractivity contribution in [3.8, 4) is 0 Å². The van der Waals surface area contributed by atoms with Gasteiger partial charge in [0.2, 0.25) is 0 Å². The molecule has 2 nitrogen and oxygen atoms in total. The molecule has 2 heteroatoms. The molecule has 15 heavy (non-hydrogen) atoms. The zero-order valence-corrected chi connectivity index (χ0v) is 10.2. The second kappa shape index (κ2) is 9.17. The molecule has 0 aliphatic carbocycles. The quantitative estimate of drug-likeness (QED) is 0.400. The fraction of sp³-hybridized carbons (Fsp3) is 1.00. The van der Waals surface area contributed by atoms with Gasteiger partial charge in [-0.15, -0.1) is 0 Å². The van der Waals surface area contributed by atoms with E-state index < -0.39 is 0 Å². The van der Waals surface area contributed by atoms with Gasteiger partial charge < -0.3 is 0 Å². The summed E-state index contributed by atoms with van der Waals surface area (Å²) in [7, 11) is 0. The largest absolute Gasteiger partial charge is 0.233 e. The van der Waals surface area contributed by atoms with Crippen LogP contribution < -0.4 is 0 Å². The Morgan fingerprint density at radius 1 is 0.867 bits per heavy atom. The van der Waals surface area contributed by atoms with Crippen molar-refractivity contribution in [2.75, 3.05) is 6.61 Å². The van der Waals surface area contributed by atoms with Crippen LogP contribution in [0, 0.1) is 0 Å². The number of hydrogen-bond donors (Lipinski definition) is 0. The van der Waals surface area contributed by atoms with Crippen LogP contribution in [-0.4, -0.2) is 12.7 Å². The Balaban J connectivity index is 1.66.